The van der Waals surface area contributed by atoms with E-state index in [0.717, 1.165) is 31.7 Å². The highest BCUT2D eigenvalue weighted by atomic mass is 32.2. The van der Waals surface area contributed by atoms with Crippen molar-refractivity contribution in [1.82, 2.24) is 19.5 Å². The number of carbonyl (C=O) groups excluding carboxylic acids is 1. The number of rotatable bonds is 11. The van der Waals surface area contributed by atoms with E-state index < -0.39 is 15.9 Å². The molecule has 1 aliphatic rings. The Labute approximate surface area is 172 Å². The van der Waals surface area contributed by atoms with Crippen LogP contribution in [0.4, 0.5) is 0 Å². The molecule has 10 heteroatoms. The number of sulfonamides is 1. The molecule has 1 aromatic carbocycles. The smallest absolute Gasteiger partial charge is 0.265 e. The molecule has 1 aliphatic heterocycles. The van der Waals surface area contributed by atoms with Gasteiger partial charge in [0.25, 0.3) is 5.91 Å². The molecule has 1 amide bonds. The first-order chi connectivity index (χ1) is 13.9. The molecule has 0 bridgehead atoms. The van der Waals surface area contributed by atoms with Crippen LogP contribution in [0.15, 0.2) is 36.9 Å². The SMILES string of the molecule is C=CCN(Cc1ccc(C(=O)NN)cc1)S(=O)(=O)CCN1CCN(CCO)CC1. The van der Waals surface area contributed by atoms with Gasteiger partial charge in [-0.1, -0.05) is 18.2 Å². The molecule has 1 fully saturated rings. The van der Waals surface area contributed by atoms with Gasteiger partial charge in [-0.25, -0.2) is 14.3 Å². The largest absolute Gasteiger partial charge is 0.395 e. The normalized spacial score (nSPS) is 16.1. The first-order valence-electron chi connectivity index (χ1n) is 9.63. The van der Waals surface area contributed by atoms with Gasteiger partial charge in [0.1, 0.15) is 0 Å². The summed E-state index contributed by atoms with van der Waals surface area (Å²) in [6.07, 6.45) is 1.57. The van der Waals surface area contributed by atoms with Crippen molar-refractivity contribution in [3.63, 3.8) is 0 Å². The molecule has 1 aromatic rings. The summed E-state index contributed by atoms with van der Waals surface area (Å²) in [7, 11) is -3.47. The number of aliphatic hydroxyl groups excluding tert-OH is 1. The highest BCUT2D eigenvalue weighted by molar-refractivity contribution is 7.89. The van der Waals surface area contributed by atoms with Gasteiger partial charge in [0.05, 0.1) is 12.4 Å². The minimum atomic E-state index is -3.47. The van der Waals surface area contributed by atoms with Crippen molar-refractivity contribution >= 4 is 15.9 Å². The molecule has 0 radical (unpaired) electrons. The Hall–Kier alpha value is -1.82. The number of hydrogen-bond acceptors (Lipinski definition) is 7. The molecule has 162 valence electrons. The molecule has 0 spiro atoms. The molecule has 2 rings (SSSR count). The first-order valence-corrected chi connectivity index (χ1v) is 11.2. The van der Waals surface area contributed by atoms with Crippen LogP contribution in [-0.2, 0) is 16.6 Å². The molecule has 9 nitrogen and oxygen atoms in total. The zero-order valence-electron chi connectivity index (χ0n) is 16.7. The van der Waals surface area contributed by atoms with Crippen molar-refractivity contribution < 1.29 is 18.3 Å². The molecule has 29 heavy (non-hydrogen) atoms. The van der Waals surface area contributed by atoms with Gasteiger partial charge in [-0.05, 0) is 17.7 Å². The lowest BCUT2D eigenvalue weighted by Crippen LogP contribution is -2.48. The average molecular weight is 426 g/mol. The number of aliphatic hydroxyl groups is 1. The predicted molar refractivity (Wildman–Crippen MR) is 112 cm³/mol. The minimum absolute atomic E-state index is 0.0362. The second kappa shape index (κ2) is 11.4. The standard InChI is InChI=1S/C19H31N5O4S/c1-2-7-24(16-17-3-5-18(6-4-17)19(26)21-20)29(27,28)15-13-23-10-8-22(9-11-23)12-14-25/h2-6,25H,1,7-16,20H2,(H,21,26). The fraction of sp³-hybridized carbons (Fsp3) is 0.526. The number of hydrogen-bond donors (Lipinski definition) is 3. The quantitative estimate of drug-likeness (QED) is 0.184. The van der Waals surface area contributed by atoms with E-state index >= 15 is 0 Å². The topological polar surface area (TPSA) is 119 Å². The Morgan fingerprint density at radius 1 is 1.17 bits per heavy atom. The van der Waals surface area contributed by atoms with Crippen LogP contribution in [-0.4, -0.2) is 91.7 Å². The summed E-state index contributed by atoms with van der Waals surface area (Å²) in [6.45, 7) is 8.62. The molecule has 0 aromatic heterocycles. The number of benzene rings is 1. The van der Waals surface area contributed by atoms with Gasteiger partial charge in [0.15, 0.2) is 0 Å². The Bertz CT molecular complexity index is 761. The van der Waals surface area contributed by atoms with Crippen LogP contribution in [0.1, 0.15) is 15.9 Å². The van der Waals surface area contributed by atoms with E-state index in [0.29, 0.717) is 18.7 Å². The van der Waals surface area contributed by atoms with Gasteiger partial charge in [-0.15, -0.1) is 6.58 Å². The number of carbonyl (C=O) groups is 1. The molecule has 0 unspecified atom stereocenters. The summed E-state index contributed by atoms with van der Waals surface area (Å²) in [5.74, 6) is 4.76. The second-order valence-electron chi connectivity index (χ2n) is 6.97. The summed E-state index contributed by atoms with van der Waals surface area (Å²) in [5.41, 5.74) is 3.26. The fourth-order valence-electron chi connectivity index (χ4n) is 3.22. The van der Waals surface area contributed by atoms with Crippen LogP contribution >= 0.6 is 0 Å². The highest BCUT2D eigenvalue weighted by Gasteiger charge is 2.24. The Morgan fingerprint density at radius 2 is 1.76 bits per heavy atom. The van der Waals surface area contributed by atoms with Crippen LogP contribution in [0.2, 0.25) is 0 Å². The van der Waals surface area contributed by atoms with E-state index in [-0.39, 0.29) is 25.4 Å². The maximum Gasteiger partial charge on any atom is 0.265 e. The zero-order chi connectivity index (χ0) is 21.3. The van der Waals surface area contributed by atoms with E-state index in [1.165, 1.54) is 4.31 Å². The number of β-amino-alcohol motifs (C(OH)–C–C–N with tert-alkyl or cyclic N) is 1. The van der Waals surface area contributed by atoms with Crippen LogP contribution in [0, 0.1) is 0 Å². The van der Waals surface area contributed by atoms with Crippen LogP contribution in [0.3, 0.4) is 0 Å². The number of nitrogens with two attached hydrogens (primary N) is 1. The average Bonchev–Trinajstić information content (AvgIpc) is 2.73. The molecule has 0 atom stereocenters. The number of nitrogens with one attached hydrogen (secondary N) is 1. The van der Waals surface area contributed by atoms with Gasteiger partial charge in [-0.3, -0.25) is 20.0 Å². The minimum Gasteiger partial charge on any atom is -0.395 e. The van der Waals surface area contributed by atoms with Crippen molar-refractivity contribution in [2.75, 3.05) is 58.2 Å². The van der Waals surface area contributed by atoms with Crippen LogP contribution in [0.5, 0.6) is 0 Å². The lowest BCUT2D eigenvalue weighted by molar-refractivity contribution is 0.0953. The second-order valence-corrected chi connectivity index (χ2v) is 9.06. The molecule has 1 saturated heterocycles. The molecule has 1 heterocycles. The lowest BCUT2D eigenvalue weighted by atomic mass is 10.1. The molecule has 4 N–H and O–H groups in total. The molecular weight excluding hydrogens is 394 g/mol. The van der Waals surface area contributed by atoms with E-state index in [1.54, 1.807) is 30.3 Å². The molecular formula is C19H31N5O4S. The number of nitrogens with zero attached hydrogens (tertiary/aromatic N) is 3. The summed E-state index contributed by atoms with van der Waals surface area (Å²) in [6, 6.07) is 6.66. The Kier molecular flexibility index (Phi) is 9.21. The zero-order valence-corrected chi connectivity index (χ0v) is 17.5. The first kappa shape index (κ1) is 23.5. The monoisotopic (exact) mass is 425 g/mol. The highest BCUT2D eigenvalue weighted by Crippen LogP contribution is 2.13. The van der Waals surface area contributed by atoms with Gasteiger partial charge in [0, 0.05) is 57.9 Å². The van der Waals surface area contributed by atoms with Crippen LogP contribution in [0.25, 0.3) is 0 Å². The molecule has 0 saturated carbocycles. The summed E-state index contributed by atoms with van der Waals surface area (Å²) in [4.78, 5) is 15.8. The van der Waals surface area contributed by atoms with Crippen LogP contribution < -0.4 is 11.3 Å². The Morgan fingerprint density at radius 3 is 2.28 bits per heavy atom. The van der Waals surface area contributed by atoms with Crippen molar-refractivity contribution in [2.24, 2.45) is 5.84 Å². The maximum absolute atomic E-state index is 12.9. The number of hydrazine groups is 1. The van der Waals surface area contributed by atoms with Gasteiger partial charge >= 0.3 is 0 Å². The third-order valence-electron chi connectivity index (χ3n) is 4.98. The van der Waals surface area contributed by atoms with Gasteiger partial charge in [0.2, 0.25) is 10.0 Å². The number of amides is 1. The molecule has 0 aliphatic carbocycles. The van der Waals surface area contributed by atoms with Gasteiger partial charge in [-0.2, -0.15) is 4.31 Å². The van der Waals surface area contributed by atoms with E-state index in [9.17, 15) is 13.2 Å². The summed E-state index contributed by atoms with van der Waals surface area (Å²) >= 11 is 0. The summed E-state index contributed by atoms with van der Waals surface area (Å²) in [5, 5.41) is 9.01. The predicted octanol–water partition coefficient (Wildman–Crippen LogP) is -0.782. The Balaban J connectivity index is 1.94. The number of piperazine rings is 1. The lowest BCUT2D eigenvalue weighted by Gasteiger charge is -2.34. The maximum atomic E-state index is 12.9. The summed E-state index contributed by atoms with van der Waals surface area (Å²) < 4.78 is 27.2. The van der Waals surface area contributed by atoms with Crippen molar-refractivity contribution in [1.29, 1.82) is 0 Å². The number of nitrogen functional groups attached to an aromatic ring is 1. The van der Waals surface area contributed by atoms with E-state index in [1.807, 2.05) is 0 Å². The third kappa shape index (κ3) is 7.18. The van der Waals surface area contributed by atoms with E-state index in [4.69, 9.17) is 10.9 Å². The van der Waals surface area contributed by atoms with Gasteiger partial charge < -0.3 is 5.11 Å². The third-order valence-corrected chi connectivity index (χ3v) is 6.74. The van der Waals surface area contributed by atoms with Crippen molar-refractivity contribution in [3.8, 4) is 0 Å². The van der Waals surface area contributed by atoms with Crippen molar-refractivity contribution in [3.05, 3.63) is 48.0 Å². The fourth-order valence-corrected chi connectivity index (χ4v) is 4.65. The van der Waals surface area contributed by atoms with Crippen molar-refractivity contribution in [2.45, 2.75) is 6.54 Å². The van der Waals surface area contributed by atoms with E-state index in [2.05, 4.69) is 21.8 Å².